The predicted molar refractivity (Wildman–Crippen MR) is 71.7 cm³/mol. The average molecular weight is 269 g/mol. The van der Waals surface area contributed by atoms with Gasteiger partial charge in [0.15, 0.2) is 0 Å². The van der Waals surface area contributed by atoms with Crippen LogP contribution >= 0.6 is 0 Å². The minimum Gasteiger partial charge on any atom is -0.399 e. The number of anilines is 1. The summed E-state index contributed by atoms with van der Waals surface area (Å²) in [5.74, 6) is 0. The highest BCUT2D eigenvalue weighted by molar-refractivity contribution is 7.89. The predicted octanol–water partition coefficient (Wildman–Crippen LogP) is 0.641. The van der Waals surface area contributed by atoms with E-state index in [1.165, 1.54) is 18.9 Å². The molecule has 0 aliphatic heterocycles. The van der Waals surface area contributed by atoms with Gasteiger partial charge in [-0.1, -0.05) is 6.07 Å². The summed E-state index contributed by atoms with van der Waals surface area (Å²) >= 11 is 0. The molecule has 0 saturated heterocycles. The number of nitrogen functional groups attached to an aromatic ring is 1. The van der Waals surface area contributed by atoms with Crippen molar-refractivity contribution in [2.45, 2.75) is 23.8 Å². The van der Waals surface area contributed by atoms with Crippen LogP contribution in [0.2, 0.25) is 0 Å². The summed E-state index contributed by atoms with van der Waals surface area (Å²) in [6.45, 7) is 1.15. The van der Waals surface area contributed by atoms with Crippen LogP contribution in [0.3, 0.4) is 0 Å². The van der Waals surface area contributed by atoms with Crippen molar-refractivity contribution in [1.29, 1.82) is 0 Å². The molecular weight excluding hydrogens is 250 g/mol. The third kappa shape index (κ3) is 3.44. The number of rotatable bonds is 6. The first-order valence-corrected chi connectivity index (χ1v) is 7.53. The number of sulfonamides is 1. The van der Waals surface area contributed by atoms with Gasteiger partial charge in [0.2, 0.25) is 10.0 Å². The lowest BCUT2D eigenvalue weighted by Gasteiger charge is -2.15. The number of nitrogens with one attached hydrogen (secondary N) is 1. The molecule has 0 spiro atoms. The van der Waals surface area contributed by atoms with Crippen LogP contribution in [-0.2, 0) is 10.0 Å². The van der Waals surface area contributed by atoms with Crippen LogP contribution in [0, 0.1) is 0 Å². The Hall–Kier alpha value is -1.11. The van der Waals surface area contributed by atoms with Crippen LogP contribution < -0.4 is 10.5 Å². The zero-order valence-corrected chi connectivity index (χ0v) is 11.3. The first kappa shape index (κ1) is 13.3. The number of nitrogens with two attached hydrogens (primary N) is 1. The number of benzene rings is 1. The zero-order valence-electron chi connectivity index (χ0n) is 10.5. The third-order valence-corrected chi connectivity index (χ3v) is 4.55. The zero-order chi connectivity index (χ0) is 13.2. The lowest BCUT2D eigenvalue weighted by molar-refractivity contribution is 0.329. The van der Waals surface area contributed by atoms with E-state index in [1.54, 1.807) is 18.2 Å². The van der Waals surface area contributed by atoms with Crippen LogP contribution in [0.15, 0.2) is 29.2 Å². The molecule has 0 heterocycles. The van der Waals surface area contributed by atoms with Crippen molar-refractivity contribution in [3.8, 4) is 0 Å². The molecule has 1 aliphatic rings. The van der Waals surface area contributed by atoms with Gasteiger partial charge in [-0.05, 0) is 38.1 Å². The van der Waals surface area contributed by atoms with E-state index < -0.39 is 10.0 Å². The molecule has 18 heavy (non-hydrogen) atoms. The Morgan fingerprint density at radius 1 is 1.44 bits per heavy atom. The second kappa shape index (κ2) is 5.26. The lowest BCUT2D eigenvalue weighted by atomic mass is 10.3. The van der Waals surface area contributed by atoms with Crippen molar-refractivity contribution in [1.82, 2.24) is 9.62 Å². The fourth-order valence-corrected chi connectivity index (χ4v) is 2.89. The summed E-state index contributed by atoms with van der Waals surface area (Å²) < 4.78 is 26.5. The highest BCUT2D eigenvalue weighted by atomic mass is 32.2. The van der Waals surface area contributed by atoms with Crippen LogP contribution in [0.25, 0.3) is 0 Å². The van der Waals surface area contributed by atoms with E-state index in [-0.39, 0.29) is 4.90 Å². The molecule has 100 valence electrons. The molecule has 0 bridgehead atoms. The van der Waals surface area contributed by atoms with Crippen LogP contribution in [0.4, 0.5) is 5.69 Å². The van der Waals surface area contributed by atoms with Gasteiger partial charge >= 0.3 is 0 Å². The van der Waals surface area contributed by atoms with Gasteiger partial charge in [-0.3, -0.25) is 0 Å². The Morgan fingerprint density at radius 3 is 2.78 bits per heavy atom. The van der Waals surface area contributed by atoms with E-state index in [1.807, 2.05) is 7.05 Å². The molecule has 5 nitrogen and oxygen atoms in total. The van der Waals surface area contributed by atoms with Crippen LogP contribution in [0.1, 0.15) is 12.8 Å². The molecule has 6 heteroatoms. The molecule has 0 atom stereocenters. The highest BCUT2D eigenvalue weighted by Gasteiger charge is 2.25. The van der Waals surface area contributed by atoms with E-state index in [9.17, 15) is 8.42 Å². The molecule has 1 aliphatic carbocycles. The summed E-state index contributed by atoms with van der Waals surface area (Å²) in [7, 11) is -1.42. The Labute approximate surface area is 108 Å². The normalized spacial score (nSPS) is 16.1. The van der Waals surface area contributed by atoms with E-state index in [0.717, 1.165) is 6.54 Å². The first-order valence-electron chi connectivity index (χ1n) is 6.04. The molecular formula is C12H19N3O2S. The van der Waals surface area contributed by atoms with E-state index >= 15 is 0 Å². The number of nitrogens with zero attached hydrogens (tertiary/aromatic N) is 1. The number of hydrogen-bond donors (Lipinski definition) is 2. The standard InChI is InChI=1S/C12H19N3O2S/c1-15(11-5-6-11)8-7-14-18(16,17)12-4-2-3-10(13)9-12/h2-4,9,11,14H,5-8,13H2,1H3. The van der Waals surface area contributed by atoms with Gasteiger partial charge in [-0.15, -0.1) is 0 Å². The van der Waals surface area contributed by atoms with Crippen molar-refractivity contribution >= 4 is 15.7 Å². The highest BCUT2D eigenvalue weighted by Crippen LogP contribution is 2.24. The molecule has 1 aromatic carbocycles. The SMILES string of the molecule is CN(CCNS(=O)(=O)c1cccc(N)c1)C1CC1. The van der Waals surface area contributed by atoms with Gasteiger partial charge in [-0.2, -0.15) is 0 Å². The van der Waals surface area contributed by atoms with Crippen LogP contribution in [-0.4, -0.2) is 39.5 Å². The average Bonchev–Trinajstić information content (AvgIpc) is 3.12. The minimum atomic E-state index is -3.44. The summed E-state index contributed by atoms with van der Waals surface area (Å²) in [5.41, 5.74) is 6.03. The maximum Gasteiger partial charge on any atom is 0.240 e. The Bertz CT molecular complexity index is 512. The number of hydrogen-bond acceptors (Lipinski definition) is 4. The fraction of sp³-hybridized carbons (Fsp3) is 0.500. The molecule has 1 saturated carbocycles. The maximum atomic E-state index is 12.0. The first-order chi connectivity index (χ1) is 8.49. The molecule has 0 amide bonds. The minimum absolute atomic E-state index is 0.219. The maximum absolute atomic E-state index is 12.0. The smallest absolute Gasteiger partial charge is 0.240 e. The molecule has 3 N–H and O–H groups in total. The van der Waals surface area contributed by atoms with Gasteiger partial charge < -0.3 is 10.6 Å². The van der Waals surface area contributed by atoms with Gasteiger partial charge in [-0.25, -0.2) is 13.1 Å². The summed E-state index contributed by atoms with van der Waals surface area (Å²) in [6.07, 6.45) is 2.44. The van der Waals surface area contributed by atoms with Gasteiger partial charge in [0, 0.05) is 24.8 Å². The van der Waals surface area contributed by atoms with E-state index in [2.05, 4.69) is 9.62 Å². The van der Waals surface area contributed by atoms with Crippen LogP contribution in [0.5, 0.6) is 0 Å². The van der Waals surface area contributed by atoms with Gasteiger partial charge in [0.1, 0.15) is 0 Å². The van der Waals surface area contributed by atoms with Crippen molar-refractivity contribution in [3.63, 3.8) is 0 Å². The van der Waals surface area contributed by atoms with Crippen molar-refractivity contribution in [2.24, 2.45) is 0 Å². The second-order valence-corrected chi connectivity index (χ2v) is 6.45. The quantitative estimate of drug-likeness (QED) is 0.743. The fourth-order valence-electron chi connectivity index (χ4n) is 1.82. The number of likely N-dealkylation sites (N-methyl/N-ethyl adjacent to an activating group) is 1. The largest absolute Gasteiger partial charge is 0.399 e. The van der Waals surface area contributed by atoms with Gasteiger partial charge in [0.25, 0.3) is 0 Å². The monoisotopic (exact) mass is 269 g/mol. The van der Waals surface area contributed by atoms with E-state index in [4.69, 9.17) is 5.73 Å². The Morgan fingerprint density at radius 2 is 2.17 bits per heavy atom. The summed E-state index contributed by atoms with van der Waals surface area (Å²) in [4.78, 5) is 2.40. The molecule has 1 aromatic rings. The Kier molecular flexibility index (Phi) is 3.89. The van der Waals surface area contributed by atoms with Crippen molar-refractivity contribution in [3.05, 3.63) is 24.3 Å². The van der Waals surface area contributed by atoms with Crippen molar-refractivity contribution < 1.29 is 8.42 Å². The molecule has 1 fully saturated rings. The van der Waals surface area contributed by atoms with Gasteiger partial charge in [0.05, 0.1) is 4.90 Å². The second-order valence-electron chi connectivity index (χ2n) is 4.68. The summed E-state index contributed by atoms with van der Waals surface area (Å²) in [5, 5.41) is 0. The van der Waals surface area contributed by atoms with Crippen molar-refractivity contribution in [2.75, 3.05) is 25.9 Å². The summed E-state index contributed by atoms with van der Waals surface area (Å²) in [6, 6.07) is 6.96. The lowest BCUT2D eigenvalue weighted by Crippen LogP contribution is -2.34. The van der Waals surface area contributed by atoms with E-state index in [0.29, 0.717) is 18.3 Å². The molecule has 2 rings (SSSR count). The topological polar surface area (TPSA) is 75.4 Å². The molecule has 0 unspecified atom stereocenters. The third-order valence-electron chi connectivity index (χ3n) is 3.10. The Balaban J connectivity index is 1.90. The molecule has 0 aromatic heterocycles. The molecule has 0 radical (unpaired) electrons.